The summed E-state index contributed by atoms with van der Waals surface area (Å²) in [4.78, 5) is 1.39. The van der Waals surface area contributed by atoms with Crippen LogP contribution in [-0.2, 0) is 0 Å². The average Bonchev–Trinajstić information content (AvgIpc) is 2.30. The van der Waals surface area contributed by atoms with Gasteiger partial charge in [-0.1, -0.05) is 32.0 Å². The van der Waals surface area contributed by atoms with Gasteiger partial charge in [-0.3, -0.25) is 0 Å². The molecule has 0 aromatic heterocycles. The zero-order chi connectivity index (χ0) is 12.0. The molecule has 0 bridgehead atoms. The van der Waals surface area contributed by atoms with Gasteiger partial charge in [0.2, 0.25) is 0 Å². The maximum Gasteiger partial charge on any atom is 0.0328 e. The second-order valence-electron chi connectivity index (χ2n) is 4.55. The summed E-state index contributed by atoms with van der Waals surface area (Å²) < 4.78 is 0. The van der Waals surface area contributed by atoms with Crippen LogP contribution in [0.4, 0.5) is 0 Å². The molecule has 0 saturated carbocycles. The second kappa shape index (κ2) is 6.97. The fraction of sp³-hybridized carbons (Fsp3) is 0.571. The summed E-state index contributed by atoms with van der Waals surface area (Å²) in [6, 6.07) is 9.19. The maximum atomic E-state index is 3.44. The molecule has 0 aliphatic rings. The molecule has 0 heterocycles. The number of benzene rings is 1. The van der Waals surface area contributed by atoms with Gasteiger partial charge in [0.25, 0.3) is 0 Å². The van der Waals surface area contributed by atoms with Crippen molar-refractivity contribution in [2.45, 2.75) is 37.6 Å². The molecule has 0 fully saturated rings. The van der Waals surface area contributed by atoms with Crippen LogP contribution in [-0.4, -0.2) is 13.3 Å². The van der Waals surface area contributed by atoms with E-state index < -0.39 is 0 Å². The number of hydrogen-bond acceptors (Lipinski definition) is 2. The monoisotopic (exact) mass is 237 g/mol. The first-order valence-electron chi connectivity index (χ1n) is 5.99. The summed E-state index contributed by atoms with van der Waals surface area (Å²) in [5, 5.41) is 3.44. The van der Waals surface area contributed by atoms with Gasteiger partial charge in [-0.15, -0.1) is 11.8 Å². The van der Waals surface area contributed by atoms with Gasteiger partial charge in [0.1, 0.15) is 0 Å². The van der Waals surface area contributed by atoms with Gasteiger partial charge in [-0.2, -0.15) is 0 Å². The third-order valence-corrected chi connectivity index (χ3v) is 3.71. The Labute approximate surface area is 104 Å². The zero-order valence-electron chi connectivity index (χ0n) is 10.8. The highest BCUT2D eigenvalue weighted by atomic mass is 32.2. The third-order valence-electron chi connectivity index (χ3n) is 2.90. The first-order valence-corrected chi connectivity index (χ1v) is 7.21. The van der Waals surface area contributed by atoms with Crippen LogP contribution in [0.2, 0.25) is 0 Å². The molecule has 1 nitrogen and oxygen atoms in total. The van der Waals surface area contributed by atoms with Crippen LogP contribution in [0.15, 0.2) is 29.2 Å². The number of rotatable bonds is 6. The molecule has 1 atom stereocenters. The zero-order valence-corrected chi connectivity index (χ0v) is 11.6. The summed E-state index contributed by atoms with van der Waals surface area (Å²) in [6.45, 7) is 4.57. The summed E-state index contributed by atoms with van der Waals surface area (Å²) in [6.07, 6.45) is 4.63. The Bertz CT molecular complexity index is 309. The molecular formula is C14H23NS. The highest BCUT2D eigenvalue weighted by Gasteiger charge is 2.12. The summed E-state index contributed by atoms with van der Waals surface area (Å²) in [5.74, 6) is 0.775. The first kappa shape index (κ1) is 13.6. The molecule has 0 radical (unpaired) electrons. The lowest BCUT2D eigenvalue weighted by Crippen LogP contribution is -2.17. The highest BCUT2D eigenvalue weighted by Crippen LogP contribution is 2.28. The Morgan fingerprint density at radius 1 is 1.19 bits per heavy atom. The van der Waals surface area contributed by atoms with Crippen LogP contribution >= 0.6 is 11.8 Å². The van der Waals surface area contributed by atoms with E-state index in [0.29, 0.717) is 6.04 Å². The van der Waals surface area contributed by atoms with Crippen LogP contribution in [0.5, 0.6) is 0 Å². The predicted octanol–water partition coefficient (Wildman–Crippen LogP) is 4.11. The summed E-state index contributed by atoms with van der Waals surface area (Å²) in [5.41, 5.74) is 1.44. The largest absolute Gasteiger partial charge is 0.313 e. The van der Waals surface area contributed by atoms with Gasteiger partial charge in [-0.05, 0) is 43.7 Å². The number of thioether (sulfide) groups is 1. The Morgan fingerprint density at radius 2 is 1.88 bits per heavy atom. The molecule has 1 rings (SSSR count). The lowest BCUT2D eigenvalue weighted by molar-refractivity contribution is 0.461. The Balaban J connectivity index is 2.77. The predicted molar refractivity (Wildman–Crippen MR) is 74.1 cm³/mol. The molecule has 1 N–H and O–H groups in total. The van der Waals surface area contributed by atoms with E-state index in [0.717, 1.165) is 5.92 Å². The smallest absolute Gasteiger partial charge is 0.0328 e. The fourth-order valence-electron chi connectivity index (χ4n) is 1.91. The van der Waals surface area contributed by atoms with Crippen LogP contribution in [0.1, 0.15) is 38.3 Å². The minimum absolute atomic E-state index is 0.492. The van der Waals surface area contributed by atoms with Crippen molar-refractivity contribution < 1.29 is 0 Å². The van der Waals surface area contributed by atoms with E-state index in [1.807, 2.05) is 11.8 Å². The van der Waals surface area contributed by atoms with Crippen molar-refractivity contribution in [1.29, 1.82) is 0 Å². The van der Waals surface area contributed by atoms with Crippen molar-refractivity contribution in [2.24, 2.45) is 5.92 Å². The first-order chi connectivity index (χ1) is 7.69. The molecule has 0 amide bonds. The molecule has 0 aliphatic heterocycles. The van der Waals surface area contributed by atoms with Crippen LogP contribution in [0, 0.1) is 5.92 Å². The molecule has 90 valence electrons. The highest BCUT2D eigenvalue weighted by molar-refractivity contribution is 7.98. The van der Waals surface area contributed by atoms with Gasteiger partial charge in [-0.25, -0.2) is 0 Å². The standard InChI is InChI=1S/C14H23NS/c1-11(2)9-10-13(15-3)12-7-5-6-8-14(12)16-4/h5-8,11,13,15H,9-10H2,1-4H3. The van der Waals surface area contributed by atoms with Crippen molar-refractivity contribution in [2.75, 3.05) is 13.3 Å². The molecule has 1 unspecified atom stereocenters. The minimum atomic E-state index is 0.492. The van der Waals surface area contributed by atoms with Gasteiger partial charge >= 0.3 is 0 Å². The van der Waals surface area contributed by atoms with Gasteiger partial charge in [0, 0.05) is 10.9 Å². The molecule has 0 saturated heterocycles. The van der Waals surface area contributed by atoms with Crippen molar-refractivity contribution in [3.8, 4) is 0 Å². The van der Waals surface area contributed by atoms with E-state index in [4.69, 9.17) is 0 Å². The quantitative estimate of drug-likeness (QED) is 0.747. The molecule has 2 heteroatoms. The molecule has 1 aromatic carbocycles. The molecule has 0 spiro atoms. The van der Waals surface area contributed by atoms with Crippen LogP contribution < -0.4 is 5.32 Å². The van der Waals surface area contributed by atoms with E-state index >= 15 is 0 Å². The van der Waals surface area contributed by atoms with Crippen molar-refractivity contribution in [1.82, 2.24) is 5.32 Å². The van der Waals surface area contributed by atoms with Crippen molar-refractivity contribution in [3.05, 3.63) is 29.8 Å². The normalized spacial score (nSPS) is 13.1. The molecule has 0 aliphatic carbocycles. The SMILES string of the molecule is CNC(CCC(C)C)c1ccccc1SC. The van der Waals surface area contributed by atoms with E-state index in [9.17, 15) is 0 Å². The Morgan fingerprint density at radius 3 is 2.44 bits per heavy atom. The molecule has 16 heavy (non-hydrogen) atoms. The Kier molecular flexibility index (Phi) is 5.93. The van der Waals surface area contributed by atoms with E-state index in [1.54, 1.807) is 0 Å². The summed E-state index contributed by atoms with van der Waals surface area (Å²) >= 11 is 1.83. The number of nitrogens with one attached hydrogen (secondary N) is 1. The second-order valence-corrected chi connectivity index (χ2v) is 5.40. The van der Waals surface area contributed by atoms with E-state index in [1.165, 1.54) is 23.3 Å². The maximum absolute atomic E-state index is 3.44. The Hall–Kier alpha value is -0.470. The van der Waals surface area contributed by atoms with Crippen LogP contribution in [0.3, 0.4) is 0 Å². The van der Waals surface area contributed by atoms with Crippen molar-refractivity contribution in [3.63, 3.8) is 0 Å². The summed E-state index contributed by atoms with van der Waals surface area (Å²) in [7, 11) is 2.06. The van der Waals surface area contributed by atoms with Crippen molar-refractivity contribution >= 4 is 11.8 Å². The van der Waals surface area contributed by atoms with Gasteiger partial charge in [0.15, 0.2) is 0 Å². The lowest BCUT2D eigenvalue weighted by atomic mass is 9.98. The molecule has 1 aromatic rings. The van der Waals surface area contributed by atoms with Crippen LogP contribution in [0.25, 0.3) is 0 Å². The minimum Gasteiger partial charge on any atom is -0.313 e. The third kappa shape index (κ3) is 3.84. The average molecular weight is 237 g/mol. The van der Waals surface area contributed by atoms with Gasteiger partial charge in [0.05, 0.1) is 0 Å². The topological polar surface area (TPSA) is 12.0 Å². The van der Waals surface area contributed by atoms with Gasteiger partial charge < -0.3 is 5.32 Å². The van der Waals surface area contributed by atoms with E-state index in [-0.39, 0.29) is 0 Å². The lowest BCUT2D eigenvalue weighted by Gasteiger charge is -2.20. The van der Waals surface area contributed by atoms with E-state index in [2.05, 4.69) is 56.7 Å². The molecular weight excluding hydrogens is 214 g/mol. The fourth-order valence-corrected chi connectivity index (χ4v) is 2.57. The number of hydrogen-bond donors (Lipinski definition) is 1.